The van der Waals surface area contributed by atoms with Gasteiger partial charge in [-0.2, -0.15) is 4.98 Å². The molecule has 2 aromatic rings. The zero-order chi connectivity index (χ0) is 25.7. The molecule has 0 saturated carbocycles. The van der Waals surface area contributed by atoms with Crippen LogP contribution in [0.25, 0.3) is 0 Å². The smallest absolute Gasteiger partial charge is 0.339 e. The second kappa shape index (κ2) is 9.29. The second-order valence-corrected chi connectivity index (χ2v) is 10.5. The number of fused-ring (bicyclic) bond motifs is 3. The first-order valence-corrected chi connectivity index (χ1v) is 13.1. The number of aromatic nitrogens is 2. The molecule has 2 fully saturated rings. The van der Waals surface area contributed by atoms with Gasteiger partial charge in [-0.05, 0) is 25.0 Å². The van der Waals surface area contributed by atoms with Crippen molar-refractivity contribution in [2.45, 2.75) is 31.3 Å². The number of ether oxygens (including phenoxy) is 1. The minimum absolute atomic E-state index is 0.111. The zero-order valence-corrected chi connectivity index (χ0v) is 21.1. The van der Waals surface area contributed by atoms with Crippen molar-refractivity contribution in [1.29, 1.82) is 0 Å². The van der Waals surface area contributed by atoms with E-state index in [4.69, 9.17) is 14.8 Å². The predicted molar refractivity (Wildman–Crippen MR) is 137 cm³/mol. The molecule has 5 heterocycles. The molecule has 2 saturated heterocycles. The summed E-state index contributed by atoms with van der Waals surface area (Å²) >= 11 is 0. The highest BCUT2D eigenvalue weighted by molar-refractivity contribution is 5.96. The first-order valence-electron chi connectivity index (χ1n) is 13.1. The van der Waals surface area contributed by atoms with Gasteiger partial charge in [0.1, 0.15) is 17.2 Å². The Kier molecular flexibility index (Phi) is 6.07. The predicted octanol–water partition coefficient (Wildman–Crippen LogP) is 1.07. The number of carbonyl (C=O) groups is 1. The van der Waals surface area contributed by atoms with E-state index < -0.39 is 17.4 Å². The molecule has 0 atom stereocenters. The van der Waals surface area contributed by atoms with Gasteiger partial charge in [-0.25, -0.2) is 9.18 Å². The van der Waals surface area contributed by atoms with Gasteiger partial charge in [0, 0.05) is 83.5 Å². The number of rotatable bonds is 4. The summed E-state index contributed by atoms with van der Waals surface area (Å²) in [4.78, 5) is 41.5. The van der Waals surface area contributed by atoms with Crippen LogP contribution in [0.1, 0.15) is 40.7 Å². The Hall–Kier alpha value is -3.18. The van der Waals surface area contributed by atoms with Crippen LogP contribution in [-0.2, 0) is 16.8 Å². The highest BCUT2D eigenvalue weighted by Crippen LogP contribution is 2.47. The van der Waals surface area contributed by atoms with Crippen LogP contribution in [0.4, 0.5) is 21.8 Å². The molecule has 0 aliphatic carbocycles. The third-order valence-electron chi connectivity index (χ3n) is 8.33. The summed E-state index contributed by atoms with van der Waals surface area (Å²) in [5.41, 5.74) is 0.954. The van der Waals surface area contributed by atoms with E-state index in [-0.39, 0.29) is 12.2 Å². The van der Waals surface area contributed by atoms with E-state index in [0.29, 0.717) is 68.3 Å². The van der Waals surface area contributed by atoms with Crippen molar-refractivity contribution in [1.82, 2.24) is 14.9 Å². The molecule has 0 radical (unpaired) electrons. The number of nitrogens with one attached hydrogen (secondary N) is 1. The fourth-order valence-electron chi connectivity index (χ4n) is 6.25. The number of anilines is 3. The summed E-state index contributed by atoms with van der Waals surface area (Å²) in [6.07, 6.45) is 2.48. The molecule has 6 rings (SSSR count). The number of piperazine rings is 1. The first-order chi connectivity index (χ1) is 17.9. The number of aliphatic hydroxyl groups is 1. The highest BCUT2D eigenvalue weighted by Gasteiger charge is 2.50. The molecule has 4 aliphatic heterocycles. The maximum absolute atomic E-state index is 15.6. The molecule has 10 nitrogen and oxygen atoms in total. The Morgan fingerprint density at radius 2 is 1.84 bits per heavy atom. The standard InChI is InChI=1S/C26H33FN6O4/c1-30-6-2-3-18-22(30)28-25(29-23(18)35)33-7-4-26(5-8-33)21-19(24(36)37-26)15-17(16-20(21)27)32-11-9-31(10-12-32)13-14-34/h15-16,34H,2-14H2,1H3,(H,28,29,35). The molecular weight excluding hydrogens is 479 g/mol. The van der Waals surface area contributed by atoms with Gasteiger partial charge in [0.25, 0.3) is 5.56 Å². The molecule has 37 heavy (non-hydrogen) atoms. The van der Waals surface area contributed by atoms with E-state index >= 15 is 4.39 Å². The fraction of sp³-hybridized carbons (Fsp3) is 0.577. The van der Waals surface area contributed by atoms with Gasteiger partial charge in [-0.1, -0.05) is 0 Å². The molecular formula is C26H33FN6O4. The topological polar surface area (TPSA) is 105 Å². The number of hydrogen-bond acceptors (Lipinski definition) is 9. The van der Waals surface area contributed by atoms with Gasteiger partial charge < -0.3 is 24.5 Å². The number of H-pyrrole nitrogens is 1. The third-order valence-corrected chi connectivity index (χ3v) is 8.33. The SMILES string of the molecule is CN1CCCc2c1nc(N1CCC3(CC1)OC(=O)c1cc(N4CCN(CCO)CC4)cc(F)c13)[nH]c2=O. The van der Waals surface area contributed by atoms with Crippen molar-refractivity contribution < 1.29 is 19.0 Å². The maximum atomic E-state index is 15.6. The van der Waals surface area contributed by atoms with E-state index in [0.717, 1.165) is 43.9 Å². The van der Waals surface area contributed by atoms with Crippen LogP contribution in [0.3, 0.4) is 0 Å². The van der Waals surface area contributed by atoms with Gasteiger partial charge in [-0.15, -0.1) is 0 Å². The highest BCUT2D eigenvalue weighted by atomic mass is 19.1. The minimum Gasteiger partial charge on any atom is -0.450 e. The summed E-state index contributed by atoms with van der Waals surface area (Å²) in [7, 11) is 1.94. The summed E-state index contributed by atoms with van der Waals surface area (Å²) < 4.78 is 21.5. The monoisotopic (exact) mass is 512 g/mol. The van der Waals surface area contributed by atoms with E-state index in [2.05, 4.69) is 14.8 Å². The van der Waals surface area contributed by atoms with Gasteiger partial charge in [0.2, 0.25) is 5.95 Å². The largest absolute Gasteiger partial charge is 0.450 e. The molecule has 11 heteroatoms. The molecule has 1 spiro atoms. The molecule has 0 bridgehead atoms. The van der Waals surface area contributed by atoms with Crippen molar-refractivity contribution in [2.24, 2.45) is 0 Å². The summed E-state index contributed by atoms with van der Waals surface area (Å²) in [5.74, 6) is 0.336. The number of nitrogens with zero attached hydrogens (tertiary/aromatic N) is 5. The minimum atomic E-state index is -1.00. The van der Waals surface area contributed by atoms with E-state index in [1.165, 1.54) is 6.07 Å². The van der Waals surface area contributed by atoms with Crippen molar-refractivity contribution in [3.05, 3.63) is 45.0 Å². The van der Waals surface area contributed by atoms with Crippen molar-refractivity contribution >= 4 is 23.4 Å². The number of piperidine rings is 1. The van der Waals surface area contributed by atoms with Crippen LogP contribution in [-0.4, -0.2) is 92.0 Å². The van der Waals surface area contributed by atoms with Crippen LogP contribution >= 0.6 is 0 Å². The van der Waals surface area contributed by atoms with E-state index in [1.54, 1.807) is 6.07 Å². The Morgan fingerprint density at radius 3 is 2.57 bits per heavy atom. The zero-order valence-electron chi connectivity index (χ0n) is 21.1. The quantitative estimate of drug-likeness (QED) is 0.582. The number of carbonyl (C=O) groups excluding carboxylic acids is 1. The van der Waals surface area contributed by atoms with Gasteiger partial charge in [0.05, 0.1) is 17.7 Å². The maximum Gasteiger partial charge on any atom is 0.339 e. The normalized spacial score (nSPS) is 21.3. The Morgan fingerprint density at radius 1 is 1.08 bits per heavy atom. The van der Waals surface area contributed by atoms with Crippen LogP contribution in [0.15, 0.2) is 16.9 Å². The lowest BCUT2D eigenvalue weighted by Gasteiger charge is -2.39. The van der Waals surface area contributed by atoms with Crippen molar-refractivity contribution in [3.8, 4) is 0 Å². The van der Waals surface area contributed by atoms with Crippen LogP contribution < -0.4 is 20.3 Å². The van der Waals surface area contributed by atoms with Crippen LogP contribution in [0, 0.1) is 5.82 Å². The number of aliphatic hydroxyl groups excluding tert-OH is 1. The lowest BCUT2D eigenvalue weighted by atomic mass is 9.83. The number of β-amino-alcohol motifs (C(OH)–C–C–N with tert-alkyl or cyclic N) is 1. The van der Waals surface area contributed by atoms with Gasteiger partial charge in [-0.3, -0.25) is 14.7 Å². The van der Waals surface area contributed by atoms with Gasteiger partial charge >= 0.3 is 5.97 Å². The average Bonchev–Trinajstić information content (AvgIpc) is 3.17. The number of halogens is 1. The number of esters is 1. The Labute approximate surface area is 214 Å². The number of hydrogen-bond donors (Lipinski definition) is 2. The molecule has 0 amide bonds. The molecule has 1 aromatic heterocycles. The summed E-state index contributed by atoms with van der Waals surface area (Å²) in [6.45, 7) is 5.52. The molecule has 1 aromatic carbocycles. The fourth-order valence-corrected chi connectivity index (χ4v) is 6.25. The molecule has 4 aliphatic rings. The first kappa shape index (κ1) is 24.2. The van der Waals surface area contributed by atoms with Crippen molar-refractivity contribution in [2.75, 3.05) is 80.7 Å². The van der Waals surface area contributed by atoms with Crippen molar-refractivity contribution in [3.63, 3.8) is 0 Å². The van der Waals surface area contributed by atoms with E-state index in [9.17, 15) is 9.59 Å². The van der Waals surface area contributed by atoms with Crippen LogP contribution in [0.5, 0.6) is 0 Å². The molecule has 2 N–H and O–H groups in total. The van der Waals surface area contributed by atoms with E-state index in [1.807, 2.05) is 16.8 Å². The Bertz CT molecular complexity index is 1270. The van der Waals surface area contributed by atoms with Crippen LogP contribution in [0.2, 0.25) is 0 Å². The Balaban J connectivity index is 1.22. The lowest BCUT2D eigenvalue weighted by Crippen LogP contribution is -2.47. The lowest BCUT2D eigenvalue weighted by molar-refractivity contribution is -0.0225. The summed E-state index contributed by atoms with van der Waals surface area (Å²) in [5, 5.41) is 9.16. The second-order valence-electron chi connectivity index (χ2n) is 10.5. The summed E-state index contributed by atoms with van der Waals surface area (Å²) in [6, 6.07) is 3.29. The third kappa shape index (κ3) is 4.14. The number of aromatic amines is 1. The number of benzene rings is 1. The van der Waals surface area contributed by atoms with Gasteiger partial charge in [0.15, 0.2) is 0 Å². The molecule has 0 unspecified atom stereocenters. The average molecular weight is 513 g/mol. The molecule has 198 valence electrons.